The van der Waals surface area contributed by atoms with Crippen LogP contribution in [0.1, 0.15) is 112 Å². The van der Waals surface area contributed by atoms with E-state index >= 15 is 0 Å². The molecule has 0 radical (unpaired) electrons. The molecule has 7 nitrogen and oxygen atoms in total. The van der Waals surface area contributed by atoms with Crippen LogP contribution in [0.25, 0.3) is 0 Å². The second kappa shape index (κ2) is 28.8. The number of ketones is 2. The van der Waals surface area contributed by atoms with Crippen molar-refractivity contribution in [2.24, 2.45) is 5.92 Å². The topological polar surface area (TPSA) is 80.3 Å². The molecule has 0 bridgehead atoms. The predicted octanol–water partition coefficient (Wildman–Crippen LogP) is 12.9. The molecule has 0 fully saturated rings. The molecule has 0 aliphatic heterocycles. The van der Waals surface area contributed by atoms with E-state index in [1.54, 1.807) is 0 Å². The van der Waals surface area contributed by atoms with E-state index in [1.165, 1.54) is 10.4 Å². The Balaban J connectivity index is 1.50. The Morgan fingerprint density at radius 3 is 1.54 bits per heavy atom. The zero-order valence-corrected chi connectivity index (χ0v) is 46.3. The molecule has 68 heavy (non-hydrogen) atoms. The van der Waals surface area contributed by atoms with Gasteiger partial charge in [0.25, 0.3) is 8.32 Å². The van der Waals surface area contributed by atoms with E-state index in [1.807, 2.05) is 55.5 Å². The number of ether oxygens (including phenoxy) is 2. The van der Waals surface area contributed by atoms with Gasteiger partial charge in [-0.3, -0.25) is 9.59 Å². The lowest BCUT2D eigenvalue weighted by molar-refractivity contribution is -0.129. The fourth-order valence-electron chi connectivity index (χ4n) is 9.42. The molecule has 0 unspecified atom stereocenters. The Labute approximate surface area is 414 Å². The van der Waals surface area contributed by atoms with Crippen LogP contribution in [0.3, 0.4) is 0 Å². The summed E-state index contributed by atoms with van der Waals surface area (Å²) >= 11 is 0. The van der Waals surface area contributed by atoms with Crippen molar-refractivity contribution < 1.29 is 32.3 Å². The van der Waals surface area contributed by atoms with E-state index in [2.05, 4.69) is 147 Å². The number of benzene rings is 4. The Morgan fingerprint density at radius 1 is 0.588 bits per heavy atom. The number of carbonyl (C=O) groups excluding carboxylic acids is 2. The normalized spacial score (nSPS) is 14.1. The number of hydrogen-bond acceptors (Lipinski definition) is 7. The molecule has 4 aromatic rings. The second-order valence-electron chi connectivity index (χ2n) is 19.6. The monoisotopic (exact) mass is 977 g/mol. The molecule has 4 rings (SSSR count). The van der Waals surface area contributed by atoms with Crippen LogP contribution in [-0.2, 0) is 45.6 Å². The van der Waals surface area contributed by atoms with Crippen LogP contribution in [-0.4, -0.2) is 68.0 Å². The van der Waals surface area contributed by atoms with E-state index in [-0.39, 0.29) is 41.5 Å². The summed E-state index contributed by atoms with van der Waals surface area (Å²) in [6, 6.07) is 47.4. The summed E-state index contributed by atoms with van der Waals surface area (Å²) in [5.74, 6) is 5.79. The smallest absolute Gasteiger partial charge is 0.261 e. The third kappa shape index (κ3) is 16.7. The maximum atomic E-state index is 14.2. The van der Waals surface area contributed by atoms with Crippen LogP contribution in [0.15, 0.2) is 121 Å². The van der Waals surface area contributed by atoms with Gasteiger partial charge in [-0.1, -0.05) is 196 Å². The molecule has 0 amide bonds. The molecule has 4 aromatic carbocycles. The van der Waals surface area contributed by atoms with Crippen LogP contribution in [0, 0.1) is 17.8 Å². The Hall–Kier alpha value is -3.77. The second-order valence-corrected chi connectivity index (χ2v) is 33.3. The number of carbonyl (C=O) groups is 2. The first-order chi connectivity index (χ1) is 32.7. The largest absolute Gasteiger partial charge is 0.411 e. The summed E-state index contributed by atoms with van der Waals surface area (Å²) in [5.41, 5.74) is 2.17. The first kappa shape index (κ1) is 56.8. The van der Waals surface area contributed by atoms with Crippen molar-refractivity contribution in [2.75, 3.05) is 13.2 Å². The van der Waals surface area contributed by atoms with Gasteiger partial charge in [-0.2, -0.15) is 0 Å². The van der Waals surface area contributed by atoms with E-state index in [0.29, 0.717) is 45.7 Å². The highest BCUT2D eigenvalue weighted by molar-refractivity contribution is 6.99. The lowest BCUT2D eigenvalue weighted by Crippen LogP contribution is -2.67. The van der Waals surface area contributed by atoms with Crippen molar-refractivity contribution >= 4 is 46.9 Å². The summed E-state index contributed by atoms with van der Waals surface area (Å²) in [6.07, 6.45) is 0.831. The lowest BCUT2D eigenvalue weighted by atomic mass is 9.94. The van der Waals surface area contributed by atoms with Crippen LogP contribution in [0.2, 0.25) is 41.3 Å². The van der Waals surface area contributed by atoms with E-state index in [4.69, 9.17) is 22.8 Å². The third-order valence-electron chi connectivity index (χ3n) is 14.3. The average molecular weight is 978 g/mol. The Morgan fingerprint density at radius 2 is 1.06 bits per heavy atom. The standard InChI is InChI=1S/C58H84O7Si3/c1-11-66(12-2,13-3)64-52(47-63-68(58(8,9)10,53-37-25-19-26-38-53)54-39-27-20-28-40-54)43-51(59)36-30-29-31-48(7)55(60)44-57(62-46-50-34-23-18-24-35-50)56(65-67(14-4,15-5)16-6)41-42-61-45-49-32-21-17-22-33-49/h17-28,32-35,37-40,48,52,56-57H,11-16,29,31,41-47H2,1-10H3/t48-,52-,56-,57-/m0/s1. The fourth-order valence-corrected chi connectivity index (χ4v) is 19.8. The van der Waals surface area contributed by atoms with Gasteiger partial charge in [-0.05, 0) is 81.6 Å². The predicted molar refractivity (Wildman–Crippen MR) is 289 cm³/mol. The van der Waals surface area contributed by atoms with Crippen molar-refractivity contribution in [3.8, 4) is 11.8 Å². The summed E-state index contributed by atoms with van der Waals surface area (Å²) in [7, 11) is -7.09. The maximum absolute atomic E-state index is 14.2. The highest BCUT2D eigenvalue weighted by Crippen LogP contribution is 2.37. The van der Waals surface area contributed by atoms with Gasteiger partial charge >= 0.3 is 0 Å². The van der Waals surface area contributed by atoms with E-state index in [0.717, 1.165) is 47.4 Å². The van der Waals surface area contributed by atoms with Gasteiger partial charge in [0.2, 0.25) is 5.78 Å². The molecule has 0 aromatic heterocycles. The van der Waals surface area contributed by atoms with Crippen molar-refractivity contribution in [1.82, 2.24) is 0 Å². The summed E-state index contributed by atoms with van der Waals surface area (Å²) in [4.78, 5) is 28.0. The van der Waals surface area contributed by atoms with Gasteiger partial charge in [0.05, 0.1) is 38.1 Å². The molecule has 0 heterocycles. The first-order valence-corrected chi connectivity index (χ1v) is 32.6. The maximum Gasteiger partial charge on any atom is 0.261 e. The minimum Gasteiger partial charge on any atom is -0.411 e. The van der Waals surface area contributed by atoms with Crippen molar-refractivity contribution in [1.29, 1.82) is 0 Å². The zero-order valence-electron chi connectivity index (χ0n) is 43.3. The SMILES string of the molecule is CC[Si](CC)(CC)O[C@H](CO[Si](c1ccccc1)(c1ccccc1)C(C)(C)C)CC(=O)C#CCC[C@H](C)C(=O)C[C@H](OCc1ccccc1)[C@H](CCOCc1ccccc1)O[Si](CC)(CC)CC. The molecule has 0 aliphatic carbocycles. The molecule has 0 saturated carbocycles. The van der Waals surface area contributed by atoms with Gasteiger partial charge in [0.15, 0.2) is 16.6 Å². The van der Waals surface area contributed by atoms with Crippen molar-refractivity contribution in [3.63, 3.8) is 0 Å². The van der Waals surface area contributed by atoms with Gasteiger partial charge in [0, 0.05) is 31.8 Å². The Bertz CT molecular complexity index is 2040. The van der Waals surface area contributed by atoms with Crippen molar-refractivity contribution in [2.45, 2.75) is 174 Å². The highest BCUT2D eigenvalue weighted by Gasteiger charge is 2.51. The molecular formula is C58H84O7Si3. The molecule has 4 atom stereocenters. The van der Waals surface area contributed by atoms with Crippen LogP contribution in [0.5, 0.6) is 0 Å². The molecule has 0 saturated heterocycles. The fraction of sp³-hybridized carbons (Fsp3) is 0.517. The summed E-state index contributed by atoms with van der Waals surface area (Å²) in [5, 5.41) is 2.18. The van der Waals surface area contributed by atoms with E-state index in [9.17, 15) is 9.59 Å². The van der Waals surface area contributed by atoms with Gasteiger partial charge in [-0.15, -0.1) is 0 Å². The van der Waals surface area contributed by atoms with E-state index < -0.39 is 37.2 Å². The molecule has 370 valence electrons. The molecule has 0 spiro atoms. The van der Waals surface area contributed by atoms with Gasteiger partial charge in [0.1, 0.15) is 5.78 Å². The molecular weight excluding hydrogens is 893 g/mol. The van der Waals surface area contributed by atoms with Gasteiger partial charge in [-0.25, -0.2) is 0 Å². The molecule has 10 heteroatoms. The highest BCUT2D eigenvalue weighted by atomic mass is 28.4. The minimum atomic E-state index is -2.87. The number of rotatable bonds is 31. The van der Waals surface area contributed by atoms with Crippen LogP contribution >= 0.6 is 0 Å². The lowest BCUT2D eigenvalue weighted by Gasteiger charge is -2.44. The first-order valence-electron chi connectivity index (χ1n) is 25.6. The quantitative estimate of drug-likeness (QED) is 0.0215. The van der Waals surface area contributed by atoms with Crippen molar-refractivity contribution in [3.05, 3.63) is 132 Å². The number of Topliss-reactive ketones (excluding diaryl/α,β-unsaturated/α-hetero) is 2. The Kier molecular flexibility index (Phi) is 24.1. The molecule has 0 aliphatic rings. The zero-order chi connectivity index (χ0) is 49.5. The molecule has 0 N–H and O–H groups in total. The third-order valence-corrected chi connectivity index (χ3v) is 28.6. The van der Waals surface area contributed by atoms with Crippen LogP contribution < -0.4 is 10.4 Å². The summed E-state index contributed by atoms with van der Waals surface area (Å²) in [6.45, 7) is 23.8. The average Bonchev–Trinajstić information content (AvgIpc) is 3.36. The summed E-state index contributed by atoms with van der Waals surface area (Å²) < 4.78 is 34.5. The minimum absolute atomic E-state index is 0.112. The van der Waals surface area contributed by atoms with Crippen LogP contribution in [0.4, 0.5) is 0 Å². The van der Waals surface area contributed by atoms with Gasteiger partial charge < -0.3 is 22.8 Å². The number of hydrogen-bond donors (Lipinski definition) is 0.